The number of nitrogens with zero attached hydrogens (tertiary/aromatic N) is 3. The van der Waals surface area contributed by atoms with Crippen LogP contribution in [0.25, 0.3) is 5.69 Å². The van der Waals surface area contributed by atoms with Crippen LogP contribution >= 0.6 is 0 Å². The van der Waals surface area contributed by atoms with Gasteiger partial charge in [-0.05, 0) is 26.0 Å². The second kappa shape index (κ2) is 7.09. The van der Waals surface area contributed by atoms with Crippen molar-refractivity contribution in [2.24, 2.45) is 0 Å². The molecule has 0 saturated carbocycles. The van der Waals surface area contributed by atoms with Crippen molar-refractivity contribution in [3.05, 3.63) is 46.8 Å². The first-order valence-electron chi connectivity index (χ1n) is 8.67. The Kier molecular flexibility index (Phi) is 4.88. The van der Waals surface area contributed by atoms with Gasteiger partial charge < -0.3 is 9.64 Å². The van der Waals surface area contributed by atoms with Crippen LogP contribution in [0, 0.1) is 6.92 Å². The van der Waals surface area contributed by atoms with Gasteiger partial charge in [0.05, 0.1) is 18.0 Å². The van der Waals surface area contributed by atoms with E-state index < -0.39 is 5.97 Å². The number of fused-ring (bicyclic) bond motifs is 1. The maximum Gasteiger partial charge on any atom is 0.359 e. The van der Waals surface area contributed by atoms with Crippen molar-refractivity contribution in [2.45, 2.75) is 40.2 Å². The second-order valence-electron chi connectivity index (χ2n) is 6.16. The average Bonchev–Trinajstić information content (AvgIpc) is 3.01. The molecular weight excluding hydrogens is 318 g/mol. The molecule has 6 heteroatoms. The van der Waals surface area contributed by atoms with Crippen LogP contribution in [0.3, 0.4) is 0 Å². The molecule has 1 aliphatic heterocycles. The van der Waals surface area contributed by atoms with E-state index in [1.165, 1.54) is 0 Å². The monoisotopic (exact) mass is 341 g/mol. The molecule has 0 aliphatic carbocycles. The van der Waals surface area contributed by atoms with Crippen LogP contribution in [0.1, 0.15) is 47.6 Å². The Morgan fingerprint density at radius 3 is 2.56 bits per heavy atom. The van der Waals surface area contributed by atoms with Crippen molar-refractivity contribution in [1.29, 1.82) is 0 Å². The van der Waals surface area contributed by atoms with E-state index in [1.54, 1.807) is 11.8 Å². The highest BCUT2D eigenvalue weighted by Gasteiger charge is 2.30. The summed E-state index contributed by atoms with van der Waals surface area (Å²) in [4.78, 5) is 26.2. The van der Waals surface area contributed by atoms with Gasteiger partial charge in [0.1, 0.15) is 0 Å². The van der Waals surface area contributed by atoms with E-state index in [2.05, 4.69) is 5.10 Å². The highest BCUT2D eigenvalue weighted by atomic mass is 16.5. The molecule has 132 valence electrons. The summed E-state index contributed by atoms with van der Waals surface area (Å²) >= 11 is 0. The smallest absolute Gasteiger partial charge is 0.359 e. The fourth-order valence-corrected chi connectivity index (χ4v) is 3.12. The van der Waals surface area contributed by atoms with Crippen molar-refractivity contribution in [2.75, 3.05) is 13.2 Å². The van der Waals surface area contributed by atoms with Gasteiger partial charge in [0.15, 0.2) is 5.69 Å². The Bertz CT molecular complexity index is 793. The van der Waals surface area contributed by atoms with Gasteiger partial charge >= 0.3 is 5.97 Å². The maximum atomic E-state index is 12.4. The lowest BCUT2D eigenvalue weighted by atomic mass is 10.0. The molecule has 0 saturated heterocycles. The molecule has 2 aromatic rings. The minimum Gasteiger partial charge on any atom is -0.461 e. The van der Waals surface area contributed by atoms with E-state index in [-0.39, 0.29) is 5.91 Å². The molecule has 0 radical (unpaired) electrons. The fourth-order valence-electron chi connectivity index (χ4n) is 3.12. The Labute approximate surface area is 147 Å². The molecule has 1 amide bonds. The maximum absolute atomic E-state index is 12.4. The van der Waals surface area contributed by atoms with Gasteiger partial charge in [-0.1, -0.05) is 24.6 Å². The molecule has 0 fully saturated rings. The zero-order chi connectivity index (χ0) is 18.0. The number of ether oxygens (including phenoxy) is 1. The molecule has 0 atom stereocenters. The third-order valence-corrected chi connectivity index (χ3v) is 4.46. The average molecular weight is 341 g/mol. The Morgan fingerprint density at radius 1 is 1.20 bits per heavy atom. The van der Waals surface area contributed by atoms with Crippen LogP contribution in [-0.2, 0) is 22.5 Å². The first-order valence-corrected chi connectivity index (χ1v) is 8.67. The van der Waals surface area contributed by atoms with Crippen LogP contribution < -0.4 is 0 Å². The lowest BCUT2D eigenvalue weighted by Crippen LogP contribution is -2.36. The Morgan fingerprint density at radius 2 is 1.92 bits per heavy atom. The number of aryl methyl sites for hydroxylation is 1. The van der Waals surface area contributed by atoms with Crippen molar-refractivity contribution in [3.8, 4) is 5.69 Å². The summed E-state index contributed by atoms with van der Waals surface area (Å²) in [5, 5.41) is 4.53. The number of benzene rings is 1. The first kappa shape index (κ1) is 17.2. The molecule has 1 aliphatic rings. The van der Waals surface area contributed by atoms with Gasteiger partial charge in [-0.2, -0.15) is 5.10 Å². The van der Waals surface area contributed by atoms with Gasteiger partial charge in [0.2, 0.25) is 5.91 Å². The van der Waals surface area contributed by atoms with Crippen LogP contribution in [0.5, 0.6) is 0 Å². The summed E-state index contributed by atoms with van der Waals surface area (Å²) in [6.45, 7) is 6.98. The molecular formula is C19H23N3O3. The number of hydrogen-bond donors (Lipinski definition) is 0. The third kappa shape index (κ3) is 3.29. The normalized spacial score (nSPS) is 13.5. The predicted molar refractivity (Wildman–Crippen MR) is 93.7 cm³/mol. The molecule has 0 spiro atoms. The molecule has 1 aromatic carbocycles. The molecule has 1 aromatic heterocycles. The van der Waals surface area contributed by atoms with Gasteiger partial charge in [0, 0.05) is 31.5 Å². The predicted octanol–water partition coefficient (Wildman–Crippen LogP) is 2.65. The number of rotatable bonds is 4. The van der Waals surface area contributed by atoms with Gasteiger partial charge in [-0.3, -0.25) is 4.79 Å². The SMILES string of the molecule is CCOC(=O)c1nn(-c2ccc(C)cc2)c2c1CN(C(=O)CC)CC2. The highest BCUT2D eigenvalue weighted by molar-refractivity contribution is 5.89. The minimum atomic E-state index is -0.435. The van der Waals surface area contributed by atoms with Crippen LogP contribution in [0.4, 0.5) is 0 Å². The van der Waals surface area contributed by atoms with Crippen molar-refractivity contribution < 1.29 is 14.3 Å². The number of esters is 1. The Balaban J connectivity index is 2.05. The minimum absolute atomic E-state index is 0.0866. The van der Waals surface area contributed by atoms with Crippen LogP contribution in [0.2, 0.25) is 0 Å². The lowest BCUT2D eigenvalue weighted by Gasteiger charge is -2.27. The molecule has 0 unspecified atom stereocenters. The summed E-state index contributed by atoms with van der Waals surface area (Å²) in [5.74, 6) is -0.348. The van der Waals surface area contributed by atoms with E-state index in [0.717, 1.165) is 22.5 Å². The highest BCUT2D eigenvalue weighted by Crippen LogP contribution is 2.26. The molecule has 2 heterocycles. The molecule has 25 heavy (non-hydrogen) atoms. The van der Waals surface area contributed by atoms with Crippen molar-refractivity contribution in [3.63, 3.8) is 0 Å². The molecule has 3 rings (SSSR count). The third-order valence-electron chi connectivity index (χ3n) is 4.46. The van der Waals surface area contributed by atoms with E-state index in [0.29, 0.717) is 38.2 Å². The van der Waals surface area contributed by atoms with Crippen molar-refractivity contribution >= 4 is 11.9 Å². The van der Waals surface area contributed by atoms with E-state index in [1.807, 2.05) is 42.8 Å². The second-order valence-corrected chi connectivity index (χ2v) is 6.16. The lowest BCUT2D eigenvalue weighted by molar-refractivity contribution is -0.131. The fraction of sp³-hybridized carbons (Fsp3) is 0.421. The standard InChI is InChI=1S/C19H23N3O3/c1-4-17(23)21-11-10-16-15(12-21)18(19(24)25-5-2)20-22(16)14-8-6-13(3)7-9-14/h6-9H,4-5,10-12H2,1-3H3. The summed E-state index contributed by atoms with van der Waals surface area (Å²) in [5.41, 5.74) is 4.16. The zero-order valence-corrected chi connectivity index (χ0v) is 14.9. The quantitative estimate of drug-likeness (QED) is 0.802. The number of hydrogen-bond acceptors (Lipinski definition) is 4. The van der Waals surface area contributed by atoms with Gasteiger partial charge in [-0.15, -0.1) is 0 Å². The van der Waals surface area contributed by atoms with Gasteiger partial charge in [0.25, 0.3) is 0 Å². The number of carbonyl (C=O) groups is 2. The molecule has 0 N–H and O–H groups in total. The van der Waals surface area contributed by atoms with Crippen LogP contribution in [0.15, 0.2) is 24.3 Å². The zero-order valence-electron chi connectivity index (χ0n) is 14.9. The number of aromatic nitrogens is 2. The molecule has 6 nitrogen and oxygen atoms in total. The van der Waals surface area contributed by atoms with Gasteiger partial charge in [-0.25, -0.2) is 9.48 Å². The summed E-state index contributed by atoms with van der Waals surface area (Å²) in [7, 11) is 0. The van der Waals surface area contributed by atoms with E-state index in [4.69, 9.17) is 4.74 Å². The Hall–Kier alpha value is -2.63. The number of amides is 1. The largest absolute Gasteiger partial charge is 0.461 e. The topological polar surface area (TPSA) is 64.4 Å². The van der Waals surface area contributed by atoms with E-state index in [9.17, 15) is 9.59 Å². The number of carbonyl (C=O) groups excluding carboxylic acids is 2. The molecule has 0 bridgehead atoms. The first-order chi connectivity index (χ1) is 12.0. The van der Waals surface area contributed by atoms with Crippen LogP contribution in [-0.4, -0.2) is 39.7 Å². The van der Waals surface area contributed by atoms with Crippen molar-refractivity contribution in [1.82, 2.24) is 14.7 Å². The summed E-state index contributed by atoms with van der Waals surface area (Å²) in [6, 6.07) is 8.01. The summed E-state index contributed by atoms with van der Waals surface area (Å²) in [6.07, 6.45) is 1.12. The van der Waals surface area contributed by atoms with E-state index >= 15 is 0 Å². The summed E-state index contributed by atoms with van der Waals surface area (Å²) < 4.78 is 6.98.